The van der Waals surface area contributed by atoms with E-state index in [0.29, 0.717) is 10.6 Å². The third kappa shape index (κ3) is 3.56. The van der Waals surface area contributed by atoms with Gasteiger partial charge in [-0.05, 0) is 18.2 Å². The van der Waals surface area contributed by atoms with Gasteiger partial charge in [0.2, 0.25) is 0 Å². The highest BCUT2D eigenvalue weighted by Crippen LogP contribution is 2.12. The molecule has 0 bridgehead atoms. The fourth-order valence-electron chi connectivity index (χ4n) is 1.40. The van der Waals surface area contributed by atoms with Gasteiger partial charge >= 0.3 is 0 Å². The van der Waals surface area contributed by atoms with Gasteiger partial charge in [-0.3, -0.25) is 0 Å². The van der Waals surface area contributed by atoms with E-state index in [2.05, 4.69) is 9.93 Å². The first-order valence-corrected chi connectivity index (χ1v) is 7.30. The quantitative estimate of drug-likeness (QED) is 0.696. The van der Waals surface area contributed by atoms with E-state index in [1.165, 1.54) is 18.3 Å². The van der Waals surface area contributed by atoms with Crippen molar-refractivity contribution >= 4 is 27.8 Å². The van der Waals surface area contributed by atoms with Crippen LogP contribution in [0.5, 0.6) is 0 Å². The van der Waals surface area contributed by atoms with Crippen LogP contribution in [0.15, 0.2) is 64.6 Å². The summed E-state index contributed by atoms with van der Waals surface area (Å²) in [6.45, 7) is 0. The average molecular weight is 295 g/mol. The number of hydrogen-bond acceptors (Lipinski definition) is 3. The fraction of sp³-hybridized carbons (Fsp3) is 0. The van der Waals surface area contributed by atoms with Gasteiger partial charge in [-0.25, -0.2) is 4.83 Å². The zero-order valence-corrected chi connectivity index (χ0v) is 11.4. The van der Waals surface area contributed by atoms with Gasteiger partial charge in [0.15, 0.2) is 0 Å². The molecule has 0 amide bonds. The first-order chi connectivity index (χ1) is 9.09. The molecular weight excluding hydrogens is 284 g/mol. The van der Waals surface area contributed by atoms with Gasteiger partial charge < -0.3 is 0 Å². The van der Waals surface area contributed by atoms with Gasteiger partial charge in [0.25, 0.3) is 10.0 Å². The summed E-state index contributed by atoms with van der Waals surface area (Å²) in [5, 5.41) is 4.21. The molecule has 2 aromatic carbocycles. The first kappa shape index (κ1) is 13.6. The molecule has 0 radical (unpaired) electrons. The van der Waals surface area contributed by atoms with Crippen LogP contribution in [0.3, 0.4) is 0 Å². The molecule has 0 saturated carbocycles. The molecule has 0 heterocycles. The Balaban J connectivity index is 2.13. The highest BCUT2D eigenvalue weighted by Gasteiger charge is 2.10. The van der Waals surface area contributed by atoms with Crippen LogP contribution < -0.4 is 4.83 Å². The van der Waals surface area contributed by atoms with Crippen LogP contribution in [0.25, 0.3) is 0 Å². The second-order valence-electron chi connectivity index (χ2n) is 3.69. The molecule has 6 heteroatoms. The summed E-state index contributed by atoms with van der Waals surface area (Å²) in [4.78, 5) is 2.29. The monoisotopic (exact) mass is 294 g/mol. The number of halogens is 1. The lowest BCUT2D eigenvalue weighted by Gasteiger charge is -2.02. The van der Waals surface area contributed by atoms with E-state index in [4.69, 9.17) is 11.6 Å². The van der Waals surface area contributed by atoms with Crippen molar-refractivity contribution in [1.82, 2.24) is 4.83 Å². The number of hydrogen-bond donors (Lipinski definition) is 1. The highest BCUT2D eigenvalue weighted by atomic mass is 35.5. The summed E-state index contributed by atoms with van der Waals surface area (Å²) in [5.41, 5.74) is 0.639. The summed E-state index contributed by atoms with van der Waals surface area (Å²) in [7, 11) is -3.63. The van der Waals surface area contributed by atoms with E-state index in [1.54, 1.807) is 42.5 Å². The Morgan fingerprint density at radius 3 is 2.32 bits per heavy atom. The molecule has 0 unspecified atom stereocenters. The third-order valence-electron chi connectivity index (χ3n) is 2.34. The van der Waals surface area contributed by atoms with Gasteiger partial charge in [-0.1, -0.05) is 48.0 Å². The molecule has 98 valence electrons. The lowest BCUT2D eigenvalue weighted by atomic mass is 10.2. The van der Waals surface area contributed by atoms with Crippen LogP contribution in [-0.4, -0.2) is 14.6 Å². The Labute approximate surface area is 116 Å². The molecule has 0 spiro atoms. The Kier molecular flexibility index (Phi) is 4.19. The number of nitrogens with one attached hydrogen (secondary N) is 1. The molecule has 0 saturated heterocycles. The maximum atomic E-state index is 11.8. The molecule has 2 rings (SSSR count). The minimum absolute atomic E-state index is 0.159. The molecule has 0 aromatic heterocycles. The Morgan fingerprint density at radius 1 is 1.00 bits per heavy atom. The maximum absolute atomic E-state index is 11.8. The number of rotatable bonds is 4. The van der Waals surface area contributed by atoms with E-state index in [1.807, 2.05) is 0 Å². The SMILES string of the molecule is O=S(=O)(N/N=C/c1ccccc1Cl)c1ccccc1. The van der Waals surface area contributed by atoms with Gasteiger partial charge in [0.1, 0.15) is 0 Å². The standard InChI is InChI=1S/C13H11ClN2O2S/c14-13-9-5-4-6-11(13)10-15-16-19(17,18)12-7-2-1-3-8-12/h1-10,16H/b15-10+. The summed E-state index contributed by atoms with van der Waals surface area (Å²) in [6, 6.07) is 15.0. The normalized spacial score (nSPS) is 11.6. The van der Waals surface area contributed by atoms with Crippen molar-refractivity contribution in [2.24, 2.45) is 5.10 Å². The molecule has 19 heavy (non-hydrogen) atoms. The lowest BCUT2D eigenvalue weighted by molar-refractivity contribution is 0.584. The number of nitrogens with zero attached hydrogens (tertiary/aromatic N) is 1. The van der Waals surface area contributed by atoms with Gasteiger partial charge in [-0.2, -0.15) is 13.5 Å². The molecular formula is C13H11ClN2O2S. The Morgan fingerprint density at radius 2 is 1.63 bits per heavy atom. The van der Waals surface area contributed by atoms with Crippen molar-refractivity contribution in [3.63, 3.8) is 0 Å². The van der Waals surface area contributed by atoms with Crippen LogP contribution in [0.2, 0.25) is 5.02 Å². The second-order valence-corrected chi connectivity index (χ2v) is 5.76. The number of benzene rings is 2. The minimum atomic E-state index is -3.63. The largest absolute Gasteiger partial charge is 0.276 e. The average Bonchev–Trinajstić information content (AvgIpc) is 2.42. The molecule has 1 N–H and O–H groups in total. The molecule has 0 aliphatic rings. The van der Waals surface area contributed by atoms with Gasteiger partial charge in [0.05, 0.1) is 11.1 Å². The number of sulfonamides is 1. The van der Waals surface area contributed by atoms with Crippen molar-refractivity contribution in [2.45, 2.75) is 4.90 Å². The van der Waals surface area contributed by atoms with Crippen LogP contribution in [-0.2, 0) is 10.0 Å². The highest BCUT2D eigenvalue weighted by molar-refractivity contribution is 7.89. The predicted octanol–water partition coefficient (Wildman–Crippen LogP) is 2.65. The molecule has 0 fully saturated rings. The molecule has 0 aliphatic carbocycles. The summed E-state index contributed by atoms with van der Waals surface area (Å²) in [5.74, 6) is 0. The smallest absolute Gasteiger partial charge is 0.200 e. The molecule has 0 atom stereocenters. The van der Waals surface area contributed by atoms with Crippen molar-refractivity contribution < 1.29 is 8.42 Å². The van der Waals surface area contributed by atoms with Crippen molar-refractivity contribution in [1.29, 1.82) is 0 Å². The van der Waals surface area contributed by atoms with Gasteiger partial charge in [0, 0.05) is 10.6 Å². The zero-order chi connectivity index (χ0) is 13.7. The molecule has 2 aromatic rings. The van der Waals surface area contributed by atoms with Crippen LogP contribution in [0.4, 0.5) is 0 Å². The van der Waals surface area contributed by atoms with Crippen molar-refractivity contribution in [3.8, 4) is 0 Å². The van der Waals surface area contributed by atoms with E-state index in [9.17, 15) is 8.42 Å². The summed E-state index contributed by atoms with van der Waals surface area (Å²) < 4.78 is 23.7. The Hall–Kier alpha value is -1.85. The summed E-state index contributed by atoms with van der Waals surface area (Å²) >= 11 is 5.92. The lowest BCUT2D eigenvalue weighted by Crippen LogP contribution is -2.18. The minimum Gasteiger partial charge on any atom is -0.200 e. The zero-order valence-electron chi connectivity index (χ0n) is 9.82. The van der Waals surface area contributed by atoms with Gasteiger partial charge in [-0.15, -0.1) is 0 Å². The van der Waals surface area contributed by atoms with E-state index in [-0.39, 0.29) is 4.90 Å². The summed E-state index contributed by atoms with van der Waals surface area (Å²) in [6.07, 6.45) is 1.36. The number of hydrazone groups is 1. The second kappa shape index (κ2) is 5.86. The van der Waals surface area contributed by atoms with Crippen LogP contribution >= 0.6 is 11.6 Å². The van der Waals surface area contributed by atoms with E-state index < -0.39 is 10.0 Å². The fourth-order valence-corrected chi connectivity index (χ4v) is 2.39. The van der Waals surface area contributed by atoms with E-state index >= 15 is 0 Å². The first-order valence-electron chi connectivity index (χ1n) is 5.44. The van der Waals surface area contributed by atoms with Crippen LogP contribution in [0, 0.1) is 0 Å². The third-order valence-corrected chi connectivity index (χ3v) is 3.92. The van der Waals surface area contributed by atoms with E-state index in [0.717, 1.165) is 0 Å². The van der Waals surface area contributed by atoms with Crippen molar-refractivity contribution in [3.05, 3.63) is 65.2 Å². The topological polar surface area (TPSA) is 58.5 Å². The Bertz CT molecular complexity index is 685. The van der Waals surface area contributed by atoms with Crippen LogP contribution in [0.1, 0.15) is 5.56 Å². The maximum Gasteiger partial charge on any atom is 0.276 e. The van der Waals surface area contributed by atoms with Crippen molar-refractivity contribution in [2.75, 3.05) is 0 Å². The molecule has 4 nitrogen and oxygen atoms in total. The molecule has 0 aliphatic heterocycles. The predicted molar refractivity (Wildman–Crippen MR) is 75.8 cm³/mol.